The molecule has 0 saturated carbocycles. The Balaban J connectivity index is 3.37. The number of carbonyl (C=O) groups excluding carboxylic acids is 1. The summed E-state index contributed by atoms with van der Waals surface area (Å²) >= 11 is 0. The first-order valence-electron chi connectivity index (χ1n) is 4.87. The van der Waals surface area contributed by atoms with E-state index in [-0.39, 0.29) is 0 Å². The summed E-state index contributed by atoms with van der Waals surface area (Å²) in [5.74, 6) is -0.640. The van der Waals surface area contributed by atoms with Gasteiger partial charge in [-0.05, 0) is 19.1 Å². The van der Waals surface area contributed by atoms with Crippen LogP contribution in [0.25, 0.3) is 4.85 Å². The molecule has 0 bridgehead atoms. The minimum Gasteiger partial charge on any atom is -0.468 e. The summed E-state index contributed by atoms with van der Waals surface area (Å²) in [4.78, 5) is 19.1. The Morgan fingerprint density at radius 3 is 2.82 bits per heavy atom. The molecule has 86 valence electrons. The summed E-state index contributed by atoms with van der Waals surface area (Å²) in [7, 11) is 1.22. The van der Waals surface area contributed by atoms with Crippen molar-refractivity contribution in [2.75, 3.05) is 7.11 Å². The Hall–Kier alpha value is -2.40. The lowest BCUT2D eigenvalue weighted by Crippen LogP contribution is -2.43. The lowest BCUT2D eigenvalue weighted by Gasteiger charge is -2.23. The van der Waals surface area contributed by atoms with Gasteiger partial charge < -0.3 is 4.74 Å². The van der Waals surface area contributed by atoms with E-state index in [0.717, 1.165) is 0 Å². The first kappa shape index (κ1) is 12.7. The van der Waals surface area contributed by atoms with Gasteiger partial charge in [-0.25, -0.2) is 6.57 Å². The van der Waals surface area contributed by atoms with Crippen molar-refractivity contribution in [3.05, 3.63) is 41.5 Å². The highest BCUT2D eigenvalue weighted by molar-refractivity contribution is 5.84. The van der Waals surface area contributed by atoms with Crippen LogP contribution in [0, 0.1) is 17.9 Å². The molecule has 0 saturated heterocycles. The van der Waals surface area contributed by atoms with E-state index in [0.29, 0.717) is 5.69 Å². The summed E-state index contributed by atoms with van der Waals surface area (Å²) < 4.78 is 4.68. The number of hydrogen-bond acceptors (Lipinski definition) is 4. The third-order valence-corrected chi connectivity index (χ3v) is 2.60. The van der Waals surface area contributed by atoms with Gasteiger partial charge in [-0.3, -0.25) is 14.6 Å². The number of nitrogens with zero attached hydrogens (tertiary/aromatic N) is 3. The van der Waals surface area contributed by atoms with E-state index in [2.05, 4.69) is 14.6 Å². The standard InChI is InChI=1S/C12H11N3O2/c1-12(11(16)17-3,10(8-13)14-2)9-6-4-5-7-15-9/h4-7,10H,1,3H3. The molecule has 0 aliphatic heterocycles. The molecule has 0 aliphatic rings. The van der Waals surface area contributed by atoms with Crippen LogP contribution in [-0.2, 0) is 14.9 Å². The molecule has 0 radical (unpaired) electrons. The predicted octanol–water partition coefficient (Wildman–Crippen LogP) is 1.32. The third kappa shape index (κ3) is 2.09. The van der Waals surface area contributed by atoms with Crippen molar-refractivity contribution >= 4 is 5.97 Å². The lowest BCUT2D eigenvalue weighted by molar-refractivity contribution is -0.147. The van der Waals surface area contributed by atoms with Crippen molar-refractivity contribution in [3.63, 3.8) is 0 Å². The number of ether oxygens (including phenoxy) is 1. The van der Waals surface area contributed by atoms with Crippen LogP contribution in [0.1, 0.15) is 12.6 Å². The summed E-state index contributed by atoms with van der Waals surface area (Å²) in [5, 5.41) is 8.97. The molecule has 17 heavy (non-hydrogen) atoms. The SMILES string of the molecule is [C-]#[N+]C(C#N)C(C)(C(=O)OC)c1ccccn1. The summed E-state index contributed by atoms with van der Waals surface area (Å²) in [6, 6.07) is 5.64. The van der Waals surface area contributed by atoms with Crippen LogP contribution in [0.5, 0.6) is 0 Å². The van der Waals surface area contributed by atoms with E-state index in [1.165, 1.54) is 20.2 Å². The lowest BCUT2D eigenvalue weighted by atomic mass is 9.79. The molecule has 0 spiro atoms. The van der Waals surface area contributed by atoms with Crippen LogP contribution in [-0.4, -0.2) is 24.1 Å². The normalized spacial score (nSPS) is 14.8. The zero-order valence-corrected chi connectivity index (χ0v) is 9.54. The molecule has 1 aromatic rings. The van der Waals surface area contributed by atoms with Crippen LogP contribution in [0.4, 0.5) is 0 Å². The molecule has 1 aromatic heterocycles. The van der Waals surface area contributed by atoms with E-state index in [1.807, 2.05) is 6.07 Å². The quantitative estimate of drug-likeness (QED) is 0.579. The zero-order valence-electron chi connectivity index (χ0n) is 9.54. The second kappa shape index (κ2) is 5.09. The maximum Gasteiger partial charge on any atom is 0.328 e. The van der Waals surface area contributed by atoms with Crippen LogP contribution >= 0.6 is 0 Å². The van der Waals surface area contributed by atoms with Crippen LogP contribution in [0.3, 0.4) is 0 Å². The van der Waals surface area contributed by atoms with Crippen molar-refractivity contribution in [2.45, 2.75) is 18.4 Å². The number of methoxy groups -OCH3 is 1. The van der Waals surface area contributed by atoms with E-state index in [4.69, 9.17) is 11.8 Å². The molecular formula is C12H11N3O2. The van der Waals surface area contributed by atoms with Gasteiger partial charge in [0.2, 0.25) is 0 Å². The minimum atomic E-state index is -1.37. The Kier molecular flexibility index (Phi) is 3.79. The van der Waals surface area contributed by atoms with Crippen molar-refractivity contribution in [1.29, 1.82) is 5.26 Å². The Bertz CT molecular complexity index is 473. The molecule has 0 amide bonds. The summed E-state index contributed by atoms with van der Waals surface area (Å²) in [6.07, 6.45) is 1.51. The van der Waals surface area contributed by atoms with Gasteiger partial charge in [-0.1, -0.05) is 6.07 Å². The zero-order chi connectivity index (χ0) is 12.9. The largest absolute Gasteiger partial charge is 0.468 e. The van der Waals surface area contributed by atoms with Gasteiger partial charge in [0.05, 0.1) is 12.8 Å². The molecule has 2 atom stereocenters. The van der Waals surface area contributed by atoms with E-state index < -0.39 is 17.4 Å². The van der Waals surface area contributed by atoms with Crippen molar-refractivity contribution < 1.29 is 9.53 Å². The molecule has 0 fully saturated rings. The molecule has 5 heteroatoms. The molecule has 5 nitrogen and oxygen atoms in total. The van der Waals surface area contributed by atoms with Gasteiger partial charge in [0.1, 0.15) is 0 Å². The fourth-order valence-corrected chi connectivity index (χ4v) is 1.53. The molecule has 0 aromatic carbocycles. The Labute approximate surface area is 99.5 Å². The van der Waals surface area contributed by atoms with E-state index in [1.54, 1.807) is 18.2 Å². The van der Waals surface area contributed by atoms with E-state index in [9.17, 15) is 4.79 Å². The van der Waals surface area contributed by atoms with Crippen LogP contribution in [0.15, 0.2) is 24.4 Å². The number of hydrogen-bond donors (Lipinski definition) is 0. The fourth-order valence-electron chi connectivity index (χ4n) is 1.53. The fraction of sp³-hybridized carbons (Fsp3) is 0.333. The van der Waals surface area contributed by atoms with Crippen LogP contribution < -0.4 is 0 Å². The topological polar surface area (TPSA) is 67.3 Å². The van der Waals surface area contributed by atoms with Crippen molar-refractivity contribution in [1.82, 2.24) is 4.98 Å². The monoisotopic (exact) mass is 229 g/mol. The highest BCUT2D eigenvalue weighted by Crippen LogP contribution is 2.29. The van der Waals surface area contributed by atoms with Crippen molar-refractivity contribution in [2.24, 2.45) is 0 Å². The third-order valence-electron chi connectivity index (χ3n) is 2.60. The van der Waals surface area contributed by atoms with Gasteiger partial charge in [-0.15, -0.1) is 0 Å². The average Bonchev–Trinajstić information content (AvgIpc) is 2.39. The predicted molar refractivity (Wildman–Crippen MR) is 59.6 cm³/mol. The Morgan fingerprint density at radius 1 is 1.71 bits per heavy atom. The van der Waals surface area contributed by atoms with Crippen LogP contribution in [0.2, 0.25) is 0 Å². The molecule has 0 N–H and O–H groups in total. The van der Waals surface area contributed by atoms with Gasteiger partial charge in [0.15, 0.2) is 11.5 Å². The number of pyridine rings is 1. The molecule has 1 heterocycles. The smallest absolute Gasteiger partial charge is 0.328 e. The first-order chi connectivity index (χ1) is 8.11. The van der Waals surface area contributed by atoms with Crippen molar-refractivity contribution in [3.8, 4) is 6.07 Å². The average molecular weight is 229 g/mol. The highest BCUT2D eigenvalue weighted by atomic mass is 16.5. The molecule has 0 aliphatic carbocycles. The number of nitriles is 1. The minimum absolute atomic E-state index is 0.356. The number of carbonyl (C=O) groups is 1. The second-order valence-electron chi connectivity index (χ2n) is 3.57. The second-order valence-corrected chi connectivity index (χ2v) is 3.57. The van der Waals surface area contributed by atoms with E-state index >= 15 is 0 Å². The molecule has 1 rings (SSSR count). The first-order valence-corrected chi connectivity index (χ1v) is 4.87. The number of rotatable bonds is 3. The summed E-state index contributed by atoms with van der Waals surface area (Å²) in [6.45, 7) is 8.49. The molecular weight excluding hydrogens is 218 g/mol. The maximum atomic E-state index is 11.8. The van der Waals surface area contributed by atoms with Gasteiger partial charge in [0.25, 0.3) is 0 Å². The van der Waals surface area contributed by atoms with Gasteiger partial charge in [0, 0.05) is 6.20 Å². The Morgan fingerprint density at radius 2 is 2.41 bits per heavy atom. The number of aromatic nitrogens is 1. The van der Waals surface area contributed by atoms with Gasteiger partial charge in [-0.2, -0.15) is 5.26 Å². The molecule has 2 unspecified atom stereocenters. The highest BCUT2D eigenvalue weighted by Gasteiger charge is 2.50. The maximum absolute atomic E-state index is 11.8. The van der Waals surface area contributed by atoms with Gasteiger partial charge >= 0.3 is 12.0 Å². The number of esters is 1. The summed E-state index contributed by atoms with van der Waals surface area (Å²) in [5.41, 5.74) is -1.01.